The summed E-state index contributed by atoms with van der Waals surface area (Å²) in [4.78, 5) is 72.3. The molecule has 17 nitrogen and oxygen atoms in total. The number of phosphoric acid groups is 2. The molecule has 2 unspecified atom stereocenters. The number of hydrogen-bond donors (Lipinski definition) is 3. The first-order valence-electron chi connectivity index (χ1n) is 35.1. The van der Waals surface area contributed by atoms with Crippen LogP contribution in [0.1, 0.15) is 329 Å². The highest BCUT2D eigenvalue weighted by Crippen LogP contribution is 2.45. The third-order valence-corrected chi connectivity index (χ3v) is 17.1. The lowest BCUT2D eigenvalue weighted by Crippen LogP contribution is -2.30. The van der Waals surface area contributed by atoms with Crippen molar-refractivity contribution in [3.63, 3.8) is 0 Å². The van der Waals surface area contributed by atoms with Crippen molar-refractivity contribution < 1.29 is 80.2 Å². The van der Waals surface area contributed by atoms with E-state index in [9.17, 15) is 43.2 Å². The number of esters is 4. The van der Waals surface area contributed by atoms with Crippen LogP contribution in [0.3, 0.4) is 0 Å². The maximum absolute atomic E-state index is 13.0. The van der Waals surface area contributed by atoms with Crippen molar-refractivity contribution in [3.05, 3.63) is 24.3 Å². The summed E-state index contributed by atoms with van der Waals surface area (Å²) in [5.41, 5.74) is 0. The van der Waals surface area contributed by atoms with Gasteiger partial charge in [0.15, 0.2) is 12.2 Å². The summed E-state index contributed by atoms with van der Waals surface area (Å²) in [6, 6.07) is 0. The van der Waals surface area contributed by atoms with Crippen LogP contribution in [0.2, 0.25) is 0 Å². The first kappa shape index (κ1) is 84.5. The van der Waals surface area contributed by atoms with Gasteiger partial charge in [-0.2, -0.15) is 0 Å². The molecule has 0 saturated heterocycles. The van der Waals surface area contributed by atoms with Crippen LogP contribution in [-0.2, 0) is 65.4 Å². The van der Waals surface area contributed by atoms with Crippen molar-refractivity contribution in [2.45, 2.75) is 348 Å². The Labute approximate surface area is 529 Å². The van der Waals surface area contributed by atoms with Crippen LogP contribution in [0.15, 0.2) is 24.3 Å². The molecule has 5 atom stereocenters. The van der Waals surface area contributed by atoms with Gasteiger partial charge in [0.1, 0.15) is 19.3 Å². The molecule has 3 N–H and O–H groups in total. The van der Waals surface area contributed by atoms with Gasteiger partial charge in [-0.05, 0) is 51.4 Å². The third kappa shape index (κ3) is 62.1. The molecule has 0 aliphatic heterocycles. The van der Waals surface area contributed by atoms with Gasteiger partial charge in [-0.3, -0.25) is 37.3 Å². The van der Waals surface area contributed by atoms with Crippen molar-refractivity contribution in [2.24, 2.45) is 0 Å². The number of ether oxygens (including phenoxy) is 4. The van der Waals surface area contributed by atoms with Gasteiger partial charge in [-0.25, -0.2) is 9.13 Å². The molecule has 0 radical (unpaired) electrons. The highest BCUT2D eigenvalue weighted by molar-refractivity contribution is 7.47. The van der Waals surface area contributed by atoms with Gasteiger partial charge >= 0.3 is 39.5 Å². The number of aliphatic hydroxyl groups is 1. The minimum Gasteiger partial charge on any atom is -0.462 e. The molecule has 0 spiro atoms. The van der Waals surface area contributed by atoms with Crippen molar-refractivity contribution in [1.29, 1.82) is 0 Å². The lowest BCUT2D eigenvalue weighted by atomic mass is 10.0. The first-order chi connectivity index (χ1) is 42.2. The number of unbranched alkanes of at least 4 members (excludes halogenated alkanes) is 38. The monoisotopic (exact) mass is 1280 g/mol. The summed E-state index contributed by atoms with van der Waals surface area (Å²) in [6.07, 6.45) is 52.1. The van der Waals surface area contributed by atoms with Crippen LogP contribution in [0, 0.1) is 0 Å². The van der Waals surface area contributed by atoms with Gasteiger partial charge in [-0.15, -0.1) is 0 Å². The summed E-state index contributed by atoms with van der Waals surface area (Å²) in [5, 5.41) is 10.6. The molecule has 0 aromatic heterocycles. The van der Waals surface area contributed by atoms with E-state index in [4.69, 9.17) is 37.0 Å². The van der Waals surface area contributed by atoms with E-state index in [1.54, 1.807) is 0 Å². The average Bonchev–Trinajstić information content (AvgIpc) is 3.70. The second kappa shape index (κ2) is 62.4. The molecule has 0 heterocycles. The van der Waals surface area contributed by atoms with Crippen molar-refractivity contribution >= 4 is 39.5 Å². The maximum Gasteiger partial charge on any atom is 0.472 e. The molecule has 87 heavy (non-hydrogen) atoms. The Bertz CT molecular complexity index is 1760. The molecule has 0 aliphatic rings. The summed E-state index contributed by atoms with van der Waals surface area (Å²) in [5.74, 6) is -2.16. The van der Waals surface area contributed by atoms with E-state index < -0.39 is 97.5 Å². The molecule has 0 aliphatic carbocycles. The fraction of sp³-hybridized carbons (Fsp3) is 0.882. The fourth-order valence-corrected chi connectivity index (χ4v) is 11.4. The fourth-order valence-electron chi connectivity index (χ4n) is 9.80. The van der Waals surface area contributed by atoms with Crippen molar-refractivity contribution in [2.75, 3.05) is 39.6 Å². The third-order valence-electron chi connectivity index (χ3n) is 15.2. The van der Waals surface area contributed by atoms with Gasteiger partial charge < -0.3 is 33.8 Å². The van der Waals surface area contributed by atoms with E-state index in [0.717, 1.165) is 109 Å². The predicted molar refractivity (Wildman–Crippen MR) is 349 cm³/mol. The Morgan fingerprint density at radius 3 is 0.839 bits per heavy atom. The van der Waals surface area contributed by atoms with Gasteiger partial charge in [-0.1, -0.05) is 277 Å². The molecular weight excluding hydrogens is 1150 g/mol. The lowest BCUT2D eigenvalue weighted by Gasteiger charge is -2.21. The van der Waals surface area contributed by atoms with Crippen LogP contribution in [-0.4, -0.2) is 96.7 Å². The zero-order valence-electron chi connectivity index (χ0n) is 55.5. The Morgan fingerprint density at radius 2 is 0.552 bits per heavy atom. The van der Waals surface area contributed by atoms with E-state index in [-0.39, 0.29) is 25.7 Å². The Balaban J connectivity index is 5.25. The lowest BCUT2D eigenvalue weighted by molar-refractivity contribution is -0.161. The van der Waals surface area contributed by atoms with Crippen molar-refractivity contribution in [1.82, 2.24) is 0 Å². The summed E-state index contributed by atoms with van der Waals surface area (Å²) < 4.78 is 68.1. The number of carbonyl (C=O) groups is 4. The minimum absolute atomic E-state index is 0.0858. The molecule has 0 aromatic carbocycles. The number of phosphoric ester groups is 2. The van der Waals surface area contributed by atoms with Gasteiger partial charge in [0.2, 0.25) is 0 Å². The second-order valence-corrected chi connectivity index (χ2v) is 26.8. The van der Waals surface area contributed by atoms with Crippen molar-refractivity contribution in [3.8, 4) is 0 Å². The number of allylic oxidation sites excluding steroid dienone is 4. The number of hydrogen-bond acceptors (Lipinski definition) is 15. The van der Waals surface area contributed by atoms with Crippen LogP contribution in [0.4, 0.5) is 0 Å². The first-order valence-corrected chi connectivity index (χ1v) is 38.1. The molecular formula is C68H128O17P2. The Kier molecular flexibility index (Phi) is 60.6. The van der Waals surface area contributed by atoms with E-state index in [0.29, 0.717) is 25.7 Å². The smallest absolute Gasteiger partial charge is 0.462 e. The van der Waals surface area contributed by atoms with Crippen LogP contribution >= 0.6 is 15.6 Å². The zero-order chi connectivity index (χ0) is 64.0. The van der Waals surface area contributed by atoms with E-state index in [1.165, 1.54) is 141 Å². The average molecular weight is 1280 g/mol. The molecule has 0 amide bonds. The number of aliphatic hydroxyl groups excluding tert-OH is 1. The molecule has 19 heteroatoms. The van der Waals surface area contributed by atoms with Gasteiger partial charge in [0.05, 0.1) is 26.4 Å². The molecule has 0 rings (SSSR count). The minimum atomic E-state index is -4.96. The maximum atomic E-state index is 13.0. The molecule has 0 saturated carbocycles. The van der Waals surface area contributed by atoms with Crippen LogP contribution in [0.25, 0.3) is 0 Å². The summed E-state index contributed by atoms with van der Waals surface area (Å²) >= 11 is 0. The Morgan fingerprint density at radius 1 is 0.322 bits per heavy atom. The van der Waals surface area contributed by atoms with Gasteiger partial charge in [0, 0.05) is 25.7 Å². The van der Waals surface area contributed by atoms with Gasteiger partial charge in [0.25, 0.3) is 0 Å². The topological polar surface area (TPSA) is 237 Å². The van der Waals surface area contributed by atoms with E-state index in [2.05, 4.69) is 52.0 Å². The summed E-state index contributed by atoms with van der Waals surface area (Å²) in [7, 11) is -9.90. The molecule has 0 bridgehead atoms. The highest BCUT2D eigenvalue weighted by Gasteiger charge is 2.30. The van der Waals surface area contributed by atoms with Crippen LogP contribution in [0.5, 0.6) is 0 Å². The molecule has 512 valence electrons. The second-order valence-electron chi connectivity index (χ2n) is 23.9. The number of carbonyl (C=O) groups excluding carboxylic acids is 4. The molecule has 0 aromatic rings. The number of rotatable bonds is 67. The standard InChI is InChI=1S/C68H128O17P2/c1-5-9-13-17-21-25-28-30-32-34-36-39-43-47-51-55-68(73)85-64(59-79-66(71)53-49-45-41-38-35-33-31-29-26-22-18-14-10-6-2)61-83-87(76,77)81-57-62(69)56-80-86(74,75)82-60-63(58-78-65(70)52-48-44-40-24-20-16-12-8-4)84-67(72)54-50-46-42-37-27-23-19-15-11-7-3/h25,28,30,32,62-64,69H,5-24,26-27,29,31,33-61H2,1-4H3,(H,74,75)(H,76,77)/b28-25-,32-30-/t62-,63+,64+/m0/s1. The largest absolute Gasteiger partial charge is 0.472 e. The zero-order valence-corrected chi connectivity index (χ0v) is 57.3. The van der Waals surface area contributed by atoms with Crippen LogP contribution < -0.4 is 0 Å². The molecule has 0 fully saturated rings. The highest BCUT2D eigenvalue weighted by atomic mass is 31.2. The SMILES string of the molecule is CCCCCC/C=C\C=C/CCCCCCCC(=O)O[C@H](COC(=O)CCCCCCCCCCCCCCCC)COP(=O)(O)OC[C@@H](O)COP(=O)(O)OC[C@@H](COC(=O)CCCCCCCCCC)OC(=O)CCCCCCCCCCCC. The van der Waals surface area contributed by atoms with E-state index >= 15 is 0 Å². The predicted octanol–water partition coefficient (Wildman–Crippen LogP) is 19.1. The normalized spacial score (nSPS) is 14.2. The summed E-state index contributed by atoms with van der Waals surface area (Å²) in [6.45, 7) is 4.83. The van der Waals surface area contributed by atoms with E-state index in [1.807, 2.05) is 0 Å². The quantitative estimate of drug-likeness (QED) is 0.0169. The Hall–Kier alpha value is -2.46.